The minimum atomic E-state index is -0.832. The molecule has 1 aromatic heterocycles. The van der Waals surface area contributed by atoms with Gasteiger partial charge in [0.05, 0.1) is 30.5 Å². The van der Waals surface area contributed by atoms with Crippen molar-refractivity contribution in [2.24, 2.45) is 0 Å². The van der Waals surface area contributed by atoms with Crippen molar-refractivity contribution in [2.75, 3.05) is 51.8 Å². The summed E-state index contributed by atoms with van der Waals surface area (Å²) in [6, 6.07) is 10.2. The third kappa shape index (κ3) is 4.81. The van der Waals surface area contributed by atoms with Crippen molar-refractivity contribution in [2.45, 2.75) is 13.0 Å². The van der Waals surface area contributed by atoms with Gasteiger partial charge in [0.1, 0.15) is 11.6 Å². The molecule has 3 heterocycles. The van der Waals surface area contributed by atoms with Crippen LogP contribution in [-0.2, 0) is 13.0 Å². The van der Waals surface area contributed by atoms with Crippen LogP contribution >= 0.6 is 0 Å². The third-order valence-electron chi connectivity index (χ3n) is 6.52. The Bertz CT molecular complexity index is 1280. The fourth-order valence-electron chi connectivity index (χ4n) is 4.43. The summed E-state index contributed by atoms with van der Waals surface area (Å²) in [6.45, 7) is 3.87. The van der Waals surface area contributed by atoms with E-state index in [0.717, 1.165) is 44.0 Å². The Hall–Kier alpha value is -3.79. The number of rotatable bonds is 5. The summed E-state index contributed by atoms with van der Waals surface area (Å²) in [5.74, 6) is -0.715. The molecule has 36 heavy (non-hydrogen) atoms. The molecule has 0 unspecified atom stereocenters. The Balaban J connectivity index is 1.50. The maximum absolute atomic E-state index is 14.5. The standard InChI is InChI=1S/C26H27F2N5O3/c1-31-11-13-32(14-12-31)26-29-21-9-10-33(25(34)18-5-3-4-6-22(18)35-2)16-19(21)24(30-26)36-23-8-7-17(27)15-20(23)28/h3-8,15H,9-14,16H2,1-2H3. The Kier molecular flexibility index (Phi) is 6.69. The lowest BCUT2D eigenvalue weighted by atomic mass is 10.0. The van der Waals surface area contributed by atoms with Gasteiger partial charge >= 0.3 is 0 Å². The molecule has 0 radical (unpaired) electrons. The number of fused-ring (bicyclic) bond motifs is 1. The third-order valence-corrected chi connectivity index (χ3v) is 6.52. The first-order valence-corrected chi connectivity index (χ1v) is 11.8. The second-order valence-electron chi connectivity index (χ2n) is 8.90. The van der Waals surface area contributed by atoms with Crippen LogP contribution in [0.4, 0.5) is 14.7 Å². The fourth-order valence-corrected chi connectivity index (χ4v) is 4.43. The molecular formula is C26H27F2N5O3. The van der Waals surface area contributed by atoms with Gasteiger partial charge in [0.15, 0.2) is 11.6 Å². The fraction of sp³-hybridized carbons (Fsp3) is 0.346. The predicted octanol–water partition coefficient (Wildman–Crippen LogP) is 3.51. The van der Waals surface area contributed by atoms with Crippen molar-refractivity contribution in [3.8, 4) is 17.4 Å². The number of hydrogen-bond acceptors (Lipinski definition) is 7. The molecule has 0 N–H and O–H groups in total. The maximum Gasteiger partial charge on any atom is 0.257 e. The summed E-state index contributed by atoms with van der Waals surface area (Å²) in [7, 11) is 3.58. The Morgan fingerprint density at radius 3 is 2.50 bits per heavy atom. The summed E-state index contributed by atoms with van der Waals surface area (Å²) >= 11 is 0. The zero-order valence-electron chi connectivity index (χ0n) is 20.2. The number of benzene rings is 2. The van der Waals surface area contributed by atoms with Gasteiger partial charge in [-0.05, 0) is 31.3 Å². The molecule has 0 saturated carbocycles. The van der Waals surface area contributed by atoms with Crippen molar-refractivity contribution in [3.05, 3.63) is 70.9 Å². The number of para-hydroxylation sites is 1. The maximum atomic E-state index is 14.5. The van der Waals surface area contributed by atoms with Gasteiger partial charge in [0.2, 0.25) is 11.8 Å². The number of methoxy groups -OCH3 is 1. The topological polar surface area (TPSA) is 71.0 Å². The van der Waals surface area contributed by atoms with Crippen LogP contribution in [0.3, 0.4) is 0 Å². The van der Waals surface area contributed by atoms with E-state index in [1.165, 1.54) is 13.2 Å². The van der Waals surface area contributed by atoms with Gasteiger partial charge in [-0.1, -0.05) is 12.1 Å². The molecule has 0 atom stereocenters. The lowest BCUT2D eigenvalue weighted by molar-refractivity contribution is 0.0728. The molecule has 1 amide bonds. The number of carbonyl (C=O) groups is 1. The van der Waals surface area contributed by atoms with E-state index in [-0.39, 0.29) is 24.1 Å². The molecule has 0 bridgehead atoms. The predicted molar refractivity (Wildman–Crippen MR) is 130 cm³/mol. The number of ether oxygens (including phenoxy) is 2. The summed E-state index contributed by atoms with van der Waals surface area (Å²) in [5, 5.41) is 0. The molecule has 5 rings (SSSR count). The van der Waals surface area contributed by atoms with Gasteiger partial charge in [-0.2, -0.15) is 4.98 Å². The molecule has 2 aromatic carbocycles. The molecule has 10 heteroatoms. The monoisotopic (exact) mass is 495 g/mol. The average molecular weight is 496 g/mol. The number of nitrogens with zero attached hydrogens (tertiary/aromatic N) is 5. The van der Waals surface area contributed by atoms with Crippen molar-refractivity contribution in [1.29, 1.82) is 0 Å². The molecule has 1 saturated heterocycles. The quantitative estimate of drug-likeness (QED) is 0.537. The smallest absolute Gasteiger partial charge is 0.257 e. The van der Waals surface area contributed by atoms with E-state index in [0.29, 0.717) is 35.8 Å². The van der Waals surface area contributed by atoms with Crippen LogP contribution in [0.1, 0.15) is 21.6 Å². The van der Waals surface area contributed by atoms with Crippen LogP contribution in [-0.4, -0.2) is 72.6 Å². The van der Waals surface area contributed by atoms with Crippen LogP contribution in [0.15, 0.2) is 42.5 Å². The first-order chi connectivity index (χ1) is 17.4. The van der Waals surface area contributed by atoms with Crippen molar-refractivity contribution >= 4 is 11.9 Å². The normalized spacial score (nSPS) is 16.0. The summed E-state index contributed by atoms with van der Waals surface area (Å²) < 4.78 is 39.2. The number of likely N-dealkylation sites (N-methyl/N-ethyl adjacent to an activating group) is 1. The summed E-state index contributed by atoms with van der Waals surface area (Å²) in [5.41, 5.74) is 1.80. The van der Waals surface area contributed by atoms with Gasteiger partial charge in [-0.15, -0.1) is 0 Å². The summed E-state index contributed by atoms with van der Waals surface area (Å²) in [4.78, 5) is 28.8. The second-order valence-corrected chi connectivity index (χ2v) is 8.90. The van der Waals surface area contributed by atoms with Gasteiger partial charge in [0.25, 0.3) is 5.91 Å². The van der Waals surface area contributed by atoms with Gasteiger partial charge in [-0.3, -0.25) is 4.79 Å². The molecule has 188 valence electrons. The van der Waals surface area contributed by atoms with Gasteiger partial charge < -0.3 is 24.2 Å². The Morgan fingerprint density at radius 2 is 1.75 bits per heavy atom. The number of anilines is 1. The highest BCUT2D eigenvalue weighted by Crippen LogP contribution is 2.34. The lowest BCUT2D eigenvalue weighted by Crippen LogP contribution is -2.45. The minimum absolute atomic E-state index is 0.144. The summed E-state index contributed by atoms with van der Waals surface area (Å²) in [6.07, 6.45) is 0.488. The zero-order chi connectivity index (χ0) is 25.2. The lowest BCUT2D eigenvalue weighted by Gasteiger charge is -2.34. The van der Waals surface area contributed by atoms with E-state index in [2.05, 4.69) is 21.8 Å². The van der Waals surface area contributed by atoms with Crippen LogP contribution in [0, 0.1) is 11.6 Å². The Morgan fingerprint density at radius 1 is 0.972 bits per heavy atom. The van der Waals surface area contributed by atoms with E-state index in [4.69, 9.17) is 14.5 Å². The number of halogens is 2. The van der Waals surface area contributed by atoms with Gasteiger partial charge in [0, 0.05) is 45.2 Å². The molecule has 8 nitrogen and oxygen atoms in total. The van der Waals surface area contributed by atoms with Crippen molar-refractivity contribution in [1.82, 2.24) is 19.8 Å². The number of amides is 1. The molecule has 0 spiro atoms. The molecule has 3 aromatic rings. The molecule has 0 aliphatic carbocycles. The first-order valence-electron chi connectivity index (χ1n) is 11.8. The highest BCUT2D eigenvalue weighted by Gasteiger charge is 2.30. The molecule has 2 aliphatic rings. The first kappa shape index (κ1) is 23.9. The zero-order valence-corrected chi connectivity index (χ0v) is 20.2. The molecule has 2 aliphatic heterocycles. The Labute approximate surface area is 208 Å². The average Bonchev–Trinajstić information content (AvgIpc) is 2.90. The van der Waals surface area contributed by atoms with Crippen LogP contribution < -0.4 is 14.4 Å². The van der Waals surface area contributed by atoms with Crippen molar-refractivity contribution < 1.29 is 23.0 Å². The van der Waals surface area contributed by atoms with E-state index >= 15 is 0 Å². The van der Waals surface area contributed by atoms with Crippen LogP contribution in [0.25, 0.3) is 0 Å². The highest BCUT2D eigenvalue weighted by molar-refractivity contribution is 5.97. The number of piperazine rings is 1. The number of hydrogen-bond donors (Lipinski definition) is 0. The van der Waals surface area contributed by atoms with E-state index in [1.807, 2.05) is 0 Å². The number of aromatic nitrogens is 2. The largest absolute Gasteiger partial charge is 0.496 e. The van der Waals surface area contributed by atoms with E-state index in [1.54, 1.807) is 29.2 Å². The molecule has 1 fully saturated rings. The van der Waals surface area contributed by atoms with E-state index in [9.17, 15) is 13.6 Å². The van der Waals surface area contributed by atoms with Gasteiger partial charge in [-0.25, -0.2) is 13.8 Å². The number of carbonyl (C=O) groups excluding carboxylic acids is 1. The SMILES string of the molecule is COc1ccccc1C(=O)N1CCc2nc(N3CCN(C)CC3)nc(Oc3ccc(F)cc3F)c2C1. The second kappa shape index (κ2) is 10.1. The minimum Gasteiger partial charge on any atom is -0.496 e. The van der Waals surface area contributed by atoms with Crippen molar-refractivity contribution in [3.63, 3.8) is 0 Å². The molecular weight excluding hydrogens is 468 g/mol. The van der Waals surface area contributed by atoms with Crippen LogP contribution in [0.2, 0.25) is 0 Å². The van der Waals surface area contributed by atoms with Crippen LogP contribution in [0.5, 0.6) is 17.4 Å². The van der Waals surface area contributed by atoms with E-state index < -0.39 is 11.6 Å². The highest BCUT2D eigenvalue weighted by atomic mass is 19.1.